The van der Waals surface area contributed by atoms with Crippen LogP contribution in [0.2, 0.25) is 0 Å². The van der Waals surface area contributed by atoms with Crippen LogP contribution in [0.4, 0.5) is 0 Å². The predicted octanol–water partition coefficient (Wildman–Crippen LogP) is 2.93. The van der Waals surface area contributed by atoms with Crippen LogP contribution in [0.5, 0.6) is 11.5 Å². The molecule has 0 spiro atoms. The van der Waals surface area contributed by atoms with Crippen LogP contribution >= 0.6 is 0 Å². The van der Waals surface area contributed by atoms with E-state index in [0.717, 1.165) is 5.56 Å². The molecule has 118 valence electrons. The van der Waals surface area contributed by atoms with Crippen molar-refractivity contribution >= 4 is 11.5 Å². The van der Waals surface area contributed by atoms with Gasteiger partial charge < -0.3 is 14.6 Å². The van der Waals surface area contributed by atoms with Crippen molar-refractivity contribution in [1.29, 1.82) is 0 Å². The Morgan fingerprint density at radius 1 is 1.26 bits per heavy atom. The molecule has 1 N–H and O–H groups in total. The summed E-state index contributed by atoms with van der Waals surface area (Å²) in [6.45, 7) is 2.07. The second kappa shape index (κ2) is 6.00. The Balaban J connectivity index is 1.92. The molecule has 0 aliphatic rings. The van der Waals surface area contributed by atoms with Gasteiger partial charge in [-0.25, -0.2) is 9.78 Å². The SMILES string of the molecule is COc1cccc(OCc2nc(C(=O)O)c3cc(C)ccn23)c1. The number of aromatic nitrogens is 2. The van der Waals surface area contributed by atoms with Crippen molar-refractivity contribution in [3.05, 3.63) is 59.7 Å². The number of imidazole rings is 1. The molecule has 6 heteroatoms. The third kappa shape index (κ3) is 2.96. The van der Waals surface area contributed by atoms with Gasteiger partial charge in [0.25, 0.3) is 0 Å². The fourth-order valence-electron chi connectivity index (χ4n) is 2.35. The first-order valence-corrected chi connectivity index (χ1v) is 7.06. The highest BCUT2D eigenvalue weighted by atomic mass is 16.5. The molecule has 0 fully saturated rings. The molecule has 0 aliphatic carbocycles. The summed E-state index contributed by atoms with van der Waals surface area (Å²) in [5, 5.41) is 9.31. The van der Waals surface area contributed by atoms with Crippen molar-refractivity contribution in [3.8, 4) is 11.5 Å². The number of fused-ring (bicyclic) bond motifs is 1. The summed E-state index contributed by atoms with van der Waals surface area (Å²) < 4.78 is 12.6. The summed E-state index contributed by atoms with van der Waals surface area (Å²) >= 11 is 0. The number of hydrogen-bond donors (Lipinski definition) is 1. The van der Waals surface area contributed by atoms with Crippen molar-refractivity contribution in [2.24, 2.45) is 0 Å². The highest BCUT2D eigenvalue weighted by molar-refractivity contribution is 5.93. The first-order chi connectivity index (χ1) is 11.1. The number of methoxy groups -OCH3 is 1. The Morgan fingerprint density at radius 2 is 2.04 bits per heavy atom. The van der Waals surface area contributed by atoms with Crippen molar-refractivity contribution < 1.29 is 19.4 Å². The number of rotatable bonds is 5. The van der Waals surface area contributed by atoms with Crippen molar-refractivity contribution in [1.82, 2.24) is 9.38 Å². The van der Waals surface area contributed by atoms with Crippen LogP contribution in [0.3, 0.4) is 0 Å². The van der Waals surface area contributed by atoms with Crippen LogP contribution in [0.25, 0.3) is 5.52 Å². The summed E-state index contributed by atoms with van der Waals surface area (Å²) in [5.41, 5.74) is 1.56. The zero-order valence-corrected chi connectivity index (χ0v) is 12.8. The molecule has 0 saturated heterocycles. The van der Waals surface area contributed by atoms with Gasteiger partial charge in [-0.05, 0) is 36.8 Å². The molecule has 2 heterocycles. The Morgan fingerprint density at radius 3 is 2.78 bits per heavy atom. The van der Waals surface area contributed by atoms with Crippen LogP contribution < -0.4 is 9.47 Å². The minimum Gasteiger partial charge on any atom is -0.497 e. The first kappa shape index (κ1) is 14.9. The highest BCUT2D eigenvalue weighted by Gasteiger charge is 2.17. The number of aromatic carboxylic acids is 1. The summed E-state index contributed by atoms with van der Waals surface area (Å²) in [4.78, 5) is 15.6. The van der Waals surface area contributed by atoms with E-state index in [0.29, 0.717) is 22.8 Å². The lowest BCUT2D eigenvalue weighted by Gasteiger charge is -2.07. The Kier molecular flexibility index (Phi) is 3.89. The van der Waals surface area contributed by atoms with E-state index in [1.807, 2.05) is 25.1 Å². The third-order valence-electron chi connectivity index (χ3n) is 3.48. The summed E-state index contributed by atoms with van der Waals surface area (Å²) in [6, 6.07) is 10.9. The Bertz CT molecular complexity index is 870. The minimum atomic E-state index is -1.05. The lowest BCUT2D eigenvalue weighted by molar-refractivity contribution is 0.0693. The number of aryl methyl sites for hydroxylation is 1. The fourth-order valence-corrected chi connectivity index (χ4v) is 2.35. The van der Waals surface area contributed by atoms with Crippen LogP contribution in [0.1, 0.15) is 21.9 Å². The molecule has 0 bridgehead atoms. The van der Waals surface area contributed by atoms with Crippen LogP contribution in [0, 0.1) is 6.92 Å². The maximum absolute atomic E-state index is 11.4. The number of carbonyl (C=O) groups is 1. The monoisotopic (exact) mass is 312 g/mol. The summed E-state index contributed by atoms with van der Waals surface area (Å²) in [6.07, 6.45) is 1.80. The number of pyridine rings is 1. The molecule has 1 aromatic carbocycles. The van der Waals surface area contributed by atoms with E-state index >= 15 is 0 Å². The number of carboxylic acid groups (broad SMARTS) is 1. The molecule has 0 atom stereocenters. The molecular formula is C17H16N2O4. The van der Waals surface area contributed by atoms with Crippen LogP contribution in [0.15, 0.2) is 42.6 Å². The minimum absolute atomic E-state index is 0.0259. The van der Waals surface area contributed by atoms with E-state index in [-0.39, 0.29) is 12.3 Å². The third-order valence-corrected chi connectivity index (χ3v) is 3.48. The Hall–Kier alpha value is -3.02. The number of carboxylic acids is 1. The molecular weight excluding hydrogens is 296 g/mol. The van der Waals surface area contributed by atoms with E-state index in [1.165, 1.54) is 0 Å². The second-order valence-electron chi connectivity index (χ2n) is 5.11. The smallest absolute Gasteiger partial charge is 0.356 e. The molecule has 0 amide bonds. The number of benzene rings is 1. The maximum atomic E-state index is 11.4. The highest BCUT2D eigenvalue weighted by Crippen LogP contribution is 2.21. The molecule has 0 saturated carbocycles. The average Bonchev–Trinajstić information content (AvgIpc) is 2.91. The van der Waals surface area contributed by atoms with Crippen LogP contribution in [-0.4, -0.2) is 27.6 Å². The van der Waals surface area contributed by atoms with E-state index < -0.39 is 5.97 Å². The molecule has 23 heavy (non-hydrogen) atoms. The molecule has 0 aliphatic heterocycles. The van der Waals surface area contributed by atoms with Gasteiger partial charge >= 0.3 is 5.97 Å². The first-order valence-electron chi connectivity index (χ1n) is 7.06. The van der Waals surface area contributed by atoms with Crippen LogP contribution in [-0.2, 0) is 6.61 Å². The number of ether oxygens (including phenoxy) is 2. The van der Waals surface area contributed by atoms with Gasteiger partial charge in [-0.15, -0.1) is 0 Å². The van der Waals surface area contributed by atoms with E-state index in [4.69, 9.17) is 9.47 Å². The van der Waals surface area contributed by atoms with Gasteiger partial charge in [0, 0.05) is 12.3 Å². The largest absolute Gasteiger partial charge is 0.497 e. The predicted molar refractivity (Wildman–Crippen MR) is 84.2 cm³/mol. The van der Waals surface area contributed by atoms with Gasteiger partial charge in [0.05, 0.1) is 12.6 Å². The summed E-state index contributed by atoms with van der Waals surface area (Å²) in [7, 11) is 1.59. The fraction of sp³-hybridized carbons (Fsp3) is 0.176. The lowest BCUT2D eigenvalue weighted by atomic mass is 10.2. The molecule has 6 nitrogen and oxygen atoms in total. The zero-order valence-electron chi connectivity index (χ0n) is 12.8. The molecule has 2 aromatic heterocycles. The zero-order chi connectivity index (χ0) is 16.4. The molecule has 3 rings (SSSR count). The maximum Gasteiger partial charge on any atom is 0.356 e. The molecule has 0 unspecified atom stereocenters. The topological polar surface area (TPSA) is 73.1 Å². The quantitative estimate of drug-likeness (QED) is 0.784. The molecule has 0 radical (unpaired) electrons. The van der Waals surface area contributed by atoms with E-state index in [2.05, 4.69) is 4.98 Å². The normalized spacial score (nSPS) is 10.7. The van der Waals surface area contributed by atoms with Crippen molar-refractivity contribution in [2.75, 3.05) is 7.11 Å². The van der Waals surface area contributed by atoms with Gasteiger partial charge in [0.1, 0.15) is 18.1 Å². The van der Waals surface area contributed by atoms with E-state index in [9.17, 15) is 9.90 Å². The second-order valence-corrected chi connectivity index (χ2v) is 5.11. The Labute approximate surface area is 132 Å². The van der Waals surface area contributed by atoms with Gasteiger partial charge in [0.2, 0.25) is 0 Å². The number of hydrogen-bond acceptors (Lipinski definition) is 4. The van der Waals surface area contributed by atoms with Crippen molar-refractivity contribution in [2.45, 2.75) is 13.5 Å². The summed E-state index contributed by atoms with van der Waals surface area (Å²) in [5.74, 6) is 0.795. The van der Waals surface area contributed by atoms with Gasteiger partial charge in [-0.2, -0.15) is 0 Å². The number of nitrogens with zero attached hydrogens (tertiary/aromatic N) is 2. The van der Waals surface area contributed by atoms with E-state index in [1.54, 1.807) is 35.9 Å². The van der Waals surface area contributed by atoms with Gasteiger partial charge in [-0.3, -0.25) is 4.40 Å². The van der Waals surface area contributed by atoms with Crippen molar-refractivity contribution in [3.63, 3.8) is 0 Å². The molecule has 3 aromatic rings. The lowest BCUT2D eigenvalue weighted by Crippen LogP contribution is -2.01. The standard InChI is InChI=1S/C17H16N2O4/c1-11-6-7-19-14(8-11)16(17(20)21)18-15(19)10-23-13-5-3-4-12(9-13)22-2/h3-9H,10H2,1-2H3,(H,20,21). The van der Waals surface area contributed by atoms with Gasteiger partial charge in [0.15, 0.2) is 11.5 Å². The van der Waals surface area contributed by atoms with Gasteiger partial charge in [-0.1, -0.05) is 6.07 Å². The average molecular weight is 312 g/mol.